The second-order valence-electron chi connectivity index (χ2n) is 3.78. The lowest BCUT2D eigenvalue weighted by Gasteiger charge is -2.12. The lowest BCUT2D eigenvalue weighted by Crippen LogP contribution is -2.15. The topological polar surface area (TPSA) is 20.2 Å². The van der Waals surface area contributed by atoms with Crippen molar-refractivity contribution in [1.29, 1.82) is 0 Å². The largest absolute Gasteiger partial charge is 0.362 e. The van der Waals surface area contributed by atoms with Crippen molar-refractivity contribution in [3.63, 3.8) is 0 Å². The minimum Gasteiger partial charge on any atom is -0.362 e. The van der Waals surface area contributed by atoms with Crippen molar-refractivity contribution in [3.8, 4) is 0 Å². The van der Waals surface area contributed by atoms with Crippen molar-refractivity contribution in [1.82, 2.24) is 0 Å². The Hall–Kier alpha value is -0.110. The summed E-state index contributed by atoms with van der Waals surface area (Å²) in [5, 5.41) is 8.72. The lowest BCUT2D eigenvalue weighted by atomic mass is 10.0. The molecule has 1 nitrogen and oxygen atoms in total. The van der Waals surface area contributed by atoms with Crippen molar-refractivity contribution in [2.24, 2.45) is 5.92 Å². The highest BCUT2D eigenvalue weighted by Crippen LogP contribution is 2.16. The molecule has 0 aliphatic rings. The van der Waals surface area contributed by atoms with E-state index in [1.165, 1.54) is 6.92 Å². The molecule has 0 aliphatic heterocycles. The van der Waals surface area contributed by atoms with Crippen molar-refractivity contribution in [3.05, 3.63) is 0 Å². The third kappa shape index (κ3) is 9.89. The van der Waals surface area contributed by atoms with E-state index in [0.717, 1.165) is 19.3 Å². The molecule has 68 valence electrons. The fourth-order valence-corrected chi connectivity index (χ4v) is 1.00. The monoisotopic (exact) mass is 162 g/mol. The Morgan fingerprint density at radius 1 is 1.36 bits per heavy atom. The highest BCUT2D eigenvalue weighted by atomic mass is 19.2. The van der Waals surface area contributed by atoms with Crippen LogP contribution in [-0.2, 0) is 0 Å². The average molecular weight is 162 g/mol. The van der Waals surface area contributed by atoms with E-state index in [4.69, 9.17) is 5.11 Å². The van der Waals surface area contributed by atoms with Crippen LogP contribution < -0.4 is 0 Å². The van der Waals surface area contributed by atoms with Crippen LogP contribution >= 0.6 is 0 Å². The zero-order valence-electron chi connectivity index (χ0n) is 7.73. The van der Waals surface area contributed by atoms with Crippen LogP contribution in [0, 0.1) is 5.92 Å². The summed E-state index contributed by atoms with van der Waals surface area (Å²) in [5.41, 5.74) is 0. The van der Waals surface area contributed by atoms with E-state index in [-0.39, 0.29) is 6.42 Å². The van der Waals surface area contributed by atoms with Crippen molar-refractivity contribution in [2.75, 3.05) is 0 Å². The predicted molar refractivity (Wildman–Crippen MR) is 45.0 cm³/mol. The third-order valence-electron chi connectivity index (χ3n) is 1.66. The molecular formula is C9H19FO. The molecule has 0 saturated heterocycles. The van der Waals surface area contributed by atoms with Crippen LogP contribution in [0.3, 0.4) is 0 Å². The van der Waals surface area contributed by atoms with Gasteiger partial charge in [-0.1, -0.05) is 26.7 Å². The van der Waals surface area contributed by atoms with Crippen LogP contribution in [0.25, 0.3) is 0 Å². The molecule has 1 N–H and O–H groups in total. The van der Waals surface area contributed by atoms with E-state index in [0.29, 0.717) is 5.92 Å². The van der Waals surface area contributed by atoms with Crippen molar-refractivity contribution < 1.29 is 9.50 Å². The number of hydrogen-bond donors (Lipinski definition) is 1. The Balaban J connectivity index is 3.15. The molecule has 1 atom stereocenters. The van der Waals surface area contributed by atoms with E-state index in [1.54, 1.807) is 0 Å². The van der Waals surface area contributed by atoms with Crippen LogP contribution in [0.2, 0.25) is 0 Å². The molecule has 0 aromatic carbocycles. The number of rotatable bonds is 5. The summed E-state index contributed by atoms with van der Waals surface area (Å²) in [7, 11) is 0. The zero-order valence-corrected chi connectivity index (χ0v) is 7.73. The van der Waals surface area contributed by atoms with Gasteiger partial charge in [0.15, 0.2) is 0 Å². The first-order valence-electron chi connectivity index (χ1n) is 4.33. The first-order valence-corrected chi connectivity index (χ1v) is 4.33. The molecule has 2 heteroatoms. The average Bonchev–Trinajstić information content (AvgIpc) is 1.78. The molecular weight excluding hydrogens is 143 g/mol. The number of aliphatic hydroxyl groups is 1. The van der Waals surface area contributed by atoms with Gasteiger partial charge >= 0.3 is 0 Å². The maximum atomic E-state index is 12.5. The first kappa shape index (κ1) is 10.9. The second kappa shape index (κ2) is 4.70. The van der Waals surface area contributed by atoms with E-state index in [1.807, 2.05) is 0 Å². The maximum absolute atomic E-state index is 12.5. The fraction of sp³-hybridized carbons (Fsp3) is 1.00. The summed E-state index contributed by atoms with van der Waals surface area (Å²) in [6, 6.07) is 0. The molecule has 0 fully saturated rings. The maximum Gasteiger partial charge on any atom is 0.203 e. The summed E-state index contributed by atoms with van der Waals surface area (Å²) in [6.07, 6.45) is 3.18. The van der Waals surface area contributed by atoms with Crippen LogP contribution in [-0.4, -0.2) is 11.0 Å². The number of unbranched alkanes of at least 4 members (excludes halogenated alkanes) is 1. The molecule has 0 amide bonds. The number of alkyl halides is 1. The summed E-state index contributed by atoms with van der Waals surface area (Å²) >= 11 is 0. The third-order valence-corrected chi connectivity index (χ3v) is 1.66. The fourth-order valence-electron chi connectivity index (χ4n) is 1.00. The van der Waals surface area contributed by atoms with Gasteiger partial charge in [0, 0.05) is 6.42 Å². The van der Waals surface area contributed by atoms with E-state index >= 15 is 0 Å². The molecule has 0 aromatic rings. The Kier molecular flexibility index (Phi) is 4.66. The summed E-state index contributed by atoms with van der Waals surface area (Å²) in [4.78, 5) is 0. The van der Waals surface area contributed by atoms with Gasteiger partial charge in [-0.2, -0.15) is 0 Å². The zero-order chi connectivity index (χ0) is 8.91. The molecule has 0 aliphatic carbocycles. The minimum atomic E-state index is -1.96. The highest BCUT2D eigenvalue weighted by molar-refractivity contribution is 4.57. The van der Waals surface area contributed by atoms with Crippen LogP contribution in [0.15, 0.2) is 0 Å². The minimum absolute atomic E-state index is 0.264. The van der Waals surface area contributed by atoms with Gasteiger partial charge in [-0.25, -0.2) is 4.39 Å². The summed E-state index contributed by atoms with van der Waals surface area (Å²) in [6.45, 7) is 5.50. The van der Waals surface area contributed by atoms with Gasteiger partial charge in [-0.3, -0.25) is 0 Å². The van der Waals surface area contributed by atoms with Gasteiger partial charge in [0.05, 0.1) is 0 Å². The molecule has 1 unspecified atom stereocenters. The predicted octanol–water partition coefficient (Wildman–Crippen LogP) is 2.88. The van der Waals surface area contributed by atoms with Gasteiger partial charge in [0.1, 0.15) is 0 Å². The van der Waals surface area contributed by atoms with E-state index < -0.39 is 5.85 Å². The van der Waals surface area contributed by atoms with Gasteiger partial charge in [0.2, 0.25) is 5.85 Å². The first-order chi connectivity index (χ1) is 4.92. The molecule has 0 radical (unpaired) electrons. The molecule has 11 heavy (non-hydrogen) atoms. The van der Waals surface area contributed by atoms with Crippen molar-refractivity contribution >= 4 is 0 Å². The standard InChI is InChI=1S/C9H19FO/c1-8(2)6-4-5-7-9(3,10)11/h8,11H,4-7H2,1-3H3. The summed E-state index contributed by atoms with van der Waals surface area (Å²) in [5.74, 6) is -1.28. The molecule has 0 spiro atoms. The second-order valence-corrected chi connectivity index (χ2v) is 3.78. The lowest BCUT2D eigenvalue weighted by molar-refractivity contribution is -0.0781. The smallest absolute Gasteiger partial charge is 0.203 e. The van der Waals surface area contributed by atoms with Crippen molar-refractivity contribution in [2.45, 2.75) is 52.3 Å². The summed E-state index contributed by atoms with van der Waals surface area (Å²) < 4.78 is 12.5. The molecule has 0 aromatic heterocycles. The molecule has 0 rings (SSSR count). The van der Waals surface area contributed by atoms with Gasteiger partial charge < -0.3 is 5.11 Å². The number of hydrogen-bond acceptors (Lipinski definition) is 1. The Labute approximate surface area is 68.6 Å². The molecule has 0 saturated carbocycles. The van der Waals surface area contributed by atoms with Gasteiger partial charge in [-0.05, 0) is 19.3 Å². The Bertz CT molecular complexity index is 94.2. The molecule has 0 bridgehead atoms. The quantitative estimate of drug-likeness (QED) is 0.616. The van der Waals surface area contributed by atoms with E-state index in [9.17, 15) is 4.39 Å². The van der Waals surface area contributed by atoms with Gasteiger partial charge in [-0.15, -0.1) is 0 Å². The Morgan fingerprint density at radius 3 is 2.27 bits per heavy atom. The van der Waals surface area contributed by atoms with Gasteiger partial charge in [0.25, 0.3) is 0 Å². The van der Waals surface area contributed by atoms with Crippen LogP contribution in [0.4, 0.5) is 4.39 Å². The number of halogens is 1. The van der Waals surface area contributed by atoms with E-state index in [2.05, 4.69) is 13.8 Å². The SMILES string of the molecule is CC(C)CCCCC(C)(O)F. The molecule has 0 heterocycles. The Morgan fingerprint density at radius 2 is 1.91 bits per heavy atom. The van der Waals surface area contributed by atoms with Crippen LogP contribution in [0.1, 0.15) is 46.5 Å². The normalized spacial score (nSPS) is 16.9. The van der Waals surface area contributed by atoms with Crippen LogP contribution in [0.5, 0.6) is 0 Å². The highest BCUT2D eigenvalue weighted by Gasteiger charge is 2.16.